The molecule has 1 aliphatic rings. The van der Waals surface area contributed by atoms with Crippen LogP contribution in [0.15, 0.2) is 12.1 Å². The van der Waals surface area contributed by atoms with Gasteiger partial charge in [-0.15, -0.1) is 0 Å². The Kier molecular flexibility index (Phi) is 2.68. The molecule has 1 aromatic rings. The van der Waals surface area contributed by atoms with E-state index in [1.165, 1.54) is 19.2 Å². The maximum atomic E-state index is 13.5. The number of carbonyl (C=O) groups is 1. The summed E-state index contributed by atoms with van der Waals surface area (Å²) in [7, 11) is 1.20. The van der Waals surface area contributed by atoms with Crippen molar-refractivity contribution in [1.29, 1.82) is 0 Å². The van der Waals surface area contributed by atoms with Crippen molar-refractivity contribution < 1.29 is 13.9 Å². The summed E-state index contributed by atoms with van der Waals surface area (Å²) in [5.41, 5.74) is 6.47. The van der Waals surface area contributed by atoms with Gasteiger partial charge in [0, 0.05) is 6.04 Å². The van der Waals surface area contributed by atoms with E-state index >= 15 is 0 Å². The minimum absolute atomic E-state index is 0.138. The minimum Gasteiger partial charge on any atom is -0.465 e. The van der Waals surface area contributed by atoms with Crippen LogP contribution in [0.5, 0.6) is 0 Å². The van der Waals surface area contributed by atoms with Crippen molar-refractivity contribution in [3.05, 3.63) is 23.5 Å². The molecule has 1 fully saturated rings. The number of hydrogen-bond donors (Lipinski definition) is 2. The third-order valence-corrected chi connectivity index (χ3v) is 2.48. The van der Waals surface area contributed by atoms with E-state index in [9.17, 15) is 9.18 Å². The molecule has 0 aromatic heterocycles. The normalized spacial score (nSPS) is 14.6. The molecule has 3 N–H and O–H groups in total. The van der Waals surface area contributed by atoms with Gasteiger partial charge < -0.3 is 15.8 Å². The first kappa shape index (κ1) is 10.7. The van der Waals surface area contributed by atoms with Gasteiger partial charge in [0.05, 0.1) is 24.0 Å². The summed E-state index contributed by atoms with van der Waals surface area (Å²) in [4.78, 5) is 11.2. The Hall–Kier alpha value is -1.78. The number of hydrogen-bond acceptors (Lipinski definition) is 4. The van der Waals surface area contributed by atoms with E-state index in [1.54, 1.807) is 0 Å². The molecule has 0 saturated heterocycles. The third kappa shape index (κ3) is 2.08. The molecule has 16 heavy (non-hydrogen) atoms. The first-order valence-electron chi connectivity index (χ1n) is 5.05. The molecule has 0 heterocycles. The number of nitrogens with two attached hydrogens (primary N) is 1. The first-order chi connectivity index (χ1) is 7.61. The number of anilines is 2. The Balaban J connectivity index is 2.29. The van der Waals surface area contributed by atoms with Crippen molar-refractivity contribution >= 4 is 17.3 Å². The number of nitrogens with one attached hydrogen (secondary N) is 1. The first-order valence-corrected chi connectivity index (χ1v) is 5.05. The number of nitrogen functional groups attached to an aromatic ring is 1. The fraction of sp³-hybridized carbons (Fsp3) is 0.364. The molecule has 1 aromatic carbocycles. The zero-order valence-electron chi connectivity index (χ0n) is 8.92. The Labute approximate surface area is 92.6 Å². The Bertz CT molecular complexity index is 430. The van der Waals surface area contributed by atoms with Crippen molar-refractivity contribution in [3.8, 4) is 0 Å². The number of ether oxygens (including phenoxy) is 1. The Morgan fingerprint density at radius 2 is 2.25 bits per heavy atom. The quantitative estimate of drug-likeness (QED) is 0.606. The SMILES string of the molecule is COC(=O)c1cc(N)c(NC2CC2)cc1F. The molecule has 1 aliphatic carbocycles. The number of methoxy groups -OCH3 is 1. The number of halogens is 1. The lowest BCUT2D eigenvalue weighted by atomic mass is 10.1. The molecule has 0 unspecified atom stereocenters. The van der Waals surface area contributed by atoms with Crippen molar-refractivity contribution in [2.24, 2.45) is 0 Å². The summed E-state index contributed by atoms with van der Waals surface area (Å²) in [6.45, 7) is 0. The molecule has 0 aliphatic heterocycles. The van der Waals surface area contributed by atoms with Gasteiger partial charge in [-0.3, -0.25) is 0 Å². The maximum absolute atomic E-state index is 13.5. The van der Waals surface area contributed by atoms with Crippen molar-refractivity contribution in [1.82, 2.24) is 0 Å². The van der Waals surface area contributed by atoms with Crippen molar-refractivity contribution in [3.63, 3.8) is 0 Å². The van der Waals surface area contributed by atoms with E-state index in [4.69, 9.17) is 5.73 Å². The summed E-state index contributed by atoms with van der Waals surface area (Å²) < 4.78 is 18.0. The van der Waals surface area contributed by atoms with Crippen molar-refractivity contribution in [2.75, 3.05) is 18.2 Å². The van der Waals surface area contributed by atoms with Gasteiger partial charge in [-0.1, -0.05) is 0 Å². The van der Waals surface area contributed by atoms with Gasteiger partial charge in [-0.2, -0.15) is 0 Å². The number of benzene rings is 1. The second-order valence-corrected chi connectivity index (χ2v) is 3.83. The lowest BCUT2D eigenvalue weighted by Crippen LogP contribution is -2.09. The van der Waals surface area contributed by atoms with Crippen LogP contribution in [0.3, 0.4) is 0 Å². The zero-order chi connectivity index (χ0) is 11.7. The van der Waals surface area contributed by atoms with Gasteiger partial charge in [0.2, 0.25) is 0 Å². The molecule has 0 radical (unpaired) electrons. The predicted molar refractivity (Wildman–Crippen MR) is 58.8 cm³/mol. The highest BCUT2D eigenvalue weighted by atomic mass is 19.1. The summed E-state index contributed by atoms with van der Waals surface area (Å²) in [6, 6.07) is 2.91. The Morgan fingerprint density at radius 3 is 2.81 bits per heavy atom. The van der Waals surface area contributed by atoms with E-state index in [0.717, 1.165) is 12.8 Å². The predicted octanol–water partition coefficient (Wildman–Crippen LogP) is 1.77. The molecule has 1 saturated carbocycles. The van der Waals surface area contributed by atoms with Gasteiger partial charge >= 0.3 is 5.97 Å². The summed E-state index contributed by atoms with van der Waals surface area (Å²) in [6.07, 6.45) is 2.14. The van der Waals surface area contributed by atoms with Gasteiger partial charge in [-0.05, 0) is 25.0 Å². The van der Waals surface area contributed by atoms with Crippen LogP contribution in [0.25, 0.3) is 0 Å². The standard InChI is InChI=1S/C11H13FN2O2/c1-16-11(15)7-4-9(13)10(5-8(7)12)14-6-2-3-6/h4-6,14H,2-3,13H2,1H3. The van der Waals surface area contributed by atoms with Crippen molar-refractivity contribution in [2.45, 2.75) is 18.9 Å². The van der Waals surface area contributed by atoms with E-state index in [2.05, 4.69) is 10.1 Å². The van der Waals surface area contributed by atoms with Crippen LogP contribution in [0.1, 0.15) is 23.2 Å². The molecule has 86 valence electrons. The number of rotatable bonds is 3. The molecular formula is C11H13FN2O2. The minimum atomic E-state index is -0.720. The van der Waals surface area contributed by atoms with Crippen LogP contribution < -0.4 is 11.1 Å². The maximum Gasteiger partial charge on any atom is 0.340 e. The van der Waals surface area contributed by atoms with Crippen LogP contribution in [0.2, 0.25) is 0 Å². The molecule has 5 heteroatoms. The monoisotopic (exact) mass is 224 g/mol. The largest absolute Gasteiger partial charge is 0.465 e. The molecule has 4 nitrogen and oxygen atoms in total. The lowest BCUT2D eigenvalue weighted by molar-refractivity contribution is 0.0595. The van der Waals surface area contributed by atoms with Crippen LogP contribution in [0.4, 0.5) is 15.8 Å². The van der Waals surface area contributed by atoms with Crippen LogP contribution in [-0.2, 0) is 4.74 Å². The molecule has 0 bridgehead atoms. The van der Waals surface area contributed by atoms with Gasteiger partial charge in [0.25, 0.3) is 0 Å². The van der Waals surface area contributed by atoms with E-state index in [1.807, 2.05) is 0 Å². The third-order valence-electron chi connectivity index (χ3n) is 2.48. The Morgan fingerprint density at radius 1 is 1.56 bits per heavy atom. The molecule has 0 amide bonds. The lowest BCUT2D eigenvalue weighted by Gasteiger charge is -2.10. The van der Waals surface area contributed by atoms with Crippen LogP contribution in [0, 0.1) is 5.82 Å². The fourth-order valence-electron chi connectivity index (χ4n) is 1.43. The van der Waals surface area contributed by atoms with E-state index in [-0.39, 0.29) is 5.56 Å². The van der Waals surface area contributed by atoms with Gasteiger partial charge in [0.15, 0.2) is 0 Å². The summed E-state index contributed by atoms with van der Waals surface area (Å²) >= 11 is 0. The fourth-order valence-corrected chi connectivity index (χ4v) is 1.43. The second kappa shape index (κ2) is 4.00. The smallest absolute Gasteiger partial charge is 0.340 e. The highest BCUT2D eigenvalue weighted by Crippen LogP contribution is 2.30. The van der Waals surface area contributed by atoms with Crippen LogP contribution in [-0.4, -0.2) is 19.1 Å². The molecular weight excluding hydrogens is 211 g/mol. The summed E-state index contributed by atoms with van der Waals surface area (Å²) in [5, 5.41) is 3.09. The average Bonchev–Trinajstić information content (AvgIpc) is 3.05. The second-order valence-electron chi connectivity index (χ2n) is 3.83. The van der Waals surface area contributed by atoms with Gasteiger partial charge in [0.1, 0.15) is 5.82 Å². The number of carbonyl (C=O) groups excluding carboxylic acids is 1. The van der Waals surface area contributed by atoms with Crippen LogP contribution >= 0.6 is 0 Å². The summed E-state index contributed by atoms with van der Waals surface area (Å²) in [5.74, 6) is -1.34. The highest BCUT2D eigenvalue weighted by Gasteiger charge is 2.23. The molecule has 2 rings (SSSR count). The van der Waals surface area contributed by atoms with Gasteiger partial charge in [-0.25, -0.2) is 9.18 Å². The number of esters is 1. The molecule has 0 atom stereocenters. The topological polar surface area (TPSA) is 64.3 Å². The molecule has 0 spiro atoms. The zero-order valence-corrected chi connectivity index (χ0v) is 8.92. The average molecular weight is 224 g/mol. The van der Waals surface area contributed by atoms with E-state index < -0.39 is 11.8 Å². The highest BCUT2D eigenvalue weighted by molar-refractivity contribution is 5.92. The van der Waals surface area contributed by atoms with E-state index in [0.29, 0.717) is 17.4 Å².